The van der Waals surface area contributed by atoms with Crippen LogP contribution < -0.4 is 9.47 Å². The van der Waals surface area contributed by atoms with Crippen molar-refractivity contribution >= 4 is 17.4 Å². The molecule has 0 aliphatic carbocycles. The third kappa shape index (κ3) is 6.26. The van der Waals surface area contributed by atoms with E-state index in [0.717, 1.165) is 37.2 Å². The van der Waals surface area contributed by atoms with Crippen molar-refractivity contribution in [1.82, 2.24) is 9.80 Å². The first-order valence-electron chi connectivity index (χ1n) is 12.9. The average molecular weight is 495 g/mol. The Bertz CT molecular complexity index is 1040. The summed E-state index contributed by atoms with van der Waals surface area (Å²) >= 11 is 0. The highest BCUT2D eigenvalue weighted by molar-refractivity contribution is 6.46. The summed E-state index contributed by atoms with van der Waals surface area (Å²) in [6.45, 7) is 12.0. The number of aliphatic hydroxyl groups is 1. The Hall–Kier alpha value is -3.32. The van der Waals surface area contributed by atoms with Crippen LogP contribution in [0.4, 0.5) is 0 Å². The number of Topliss-reactive ketones (excluding diaryl/α,β-unsaturated/α-hetero) is 1. The van der Waals surface area contributed by atoms with Crippen molar-refractivity contribution in [3.8, 4) is 11.5 Å². The molecule has 1 aliphatic heterocycles. The monoisotopic (exact) mass is 494 g/mol. The number of aliphatic hydroxyl groups excluding tert-OH is 1. The fourth-order valence-electron chi connectivity index (χ4n) is 4.36. The first kappa shape index (κ1) is 27.3. The van der Waals surface area contributed by atoms with Crippen molar-refractivity contribution in [3.05, 3.63) is 65.2 Å². The van der Waals surface area contributed by atoms with Crippen LogP contribution in [0, 0.1) is 0 Å². The summed E-state index contributed by atoms with van der Waals surface area (Å²) in [5.74, 6) is -0.0464. The number of rotatable bonds is 13. The fraction of sp³-hybridized carbons (Fsp3) is 0.448. The molecule has 1 heterocycles. The maximum absolute atomic E-state index is 13.2. The topological polar surface area (TPSA) is 79.3 Å². The minimum absolute atomic E-state index is 0.100. The van der Waals surface area contributed by atoms with E-state index in [1.165, 1.54) is 0 Å². The van der Waals surface area contributed by atoms with Gasteiger partial charge < -0.3 is 24.4 Å². The van der Waals surface area contributed by atoms with Crippen LogP contribution in [-0.2, 0) is 9.59 Å². The summed E-state index contributed by atoms with van der Waals surface area (Å²) in [4.78, 5) is 30.2. The zero-order chi connectivity index (χ0) is 26.1. The number of carbonyl (C=O) groups is 2. The quantitative estimate of drug-likeness (QED) is 0.182. The Balaban J connectivity index is 2.00. The molecule has 1 aliphatic rings. The molecule has 0 radical (unpaired) electrons. The number of amides is 1. The molecule has 0 bridgehead atoms. The second kappa shape index (κ2) is 13.1. The van der Waals surface area contributed by atoms with Crippen LogP contribution >= 0.6 is 0 Å². The van der Waals surface area contributed by atoms with Crippen LogP contribution in [0.1, 0.15) is 57.7 Å². The van der Waals surface area contributed by atoms with Gasteiger partial charge in [-0.3, -0.25) is 9.59 Å². The van der Waals surface area contributed by atoms with E-state index in [4.69, 9.17) is 9.47 Å². The molecule has 7 nitrogen and oxygen atoms in total. The fourth-order valence-corrected chi connectivity index (χ4v) is 4.36. The first-order valence-corrected chi connectivity index (χ1v) is 12.9. The van der Waals surface area contributed by atoms with Gasteiger partial charge in [0.05, 0.1) is 24.8 Å². The van der Waals surface area contributed by atoms with Gasteiger partial charge in [-0.05, 0) is 68.4 Å². The van der Waals surface area contributed by atoms with Crippen molar-refractivity contribution in [2.24, 2.45) is 0 Å². The SMILES string of the molecule is CCCCOc1ccc(C2C(=C(O)c3ccc(OCC)cc3)C(=O)C(=O)N2CCN(CC)CC)cc1. The van der Waals surface area contributed by atoms with Gasteiger partial charge in [-0.25, -0.2) is 0 Å². The number of ketones is 1. The summed E-state index contributed by atoms with van der Waals surface area (Å²) in [6, 6.07) is 13.6. The molecular weight excluding hydrogens is 456 g/mol. The number of hydrogen-bond acceptors (Lipinski definition) is 6. The van der Waals surface area contributed by atoms with Crippen molar-refractivity contribution in [2.75, 3.05) is 39.4 Å². The van der Waals surface area contributed by atoms with Gasteiger partial charge in [0.15, 0.2) is 0 Å². The van der Waals surface area contributed by atoms with Gasteiger partial charge in [0.25, 0.3) is 11.7 Å². The number of nitrogens with zero attached hydrogens (tertiary/aromatic N) is 2. The molecule has 1 saturated heterocycles. The lowest BCUT2D eigenvalue weighted by Gasteiger charge is -2.28. The van der Waals surface area contributed by atoms with E-state index >= 15 is 0 Å². The van der Waals surface area contributed by atoms with E-state index in [2.05, 4.69) is 25.7 Å². The number of unbranched alkanes of at least 4 members (excludes halogenated alkanes) is 1. The largest absolute Gasteiger partial charge is 0.507 e. The normalized spacial score (nSPS) is 17.1. The Morgan fingerprint density at radius 3 is 2.11 bits per heavy atom. The molecule has 194 valence electrons. The lowest BCUT2D eigenvalue weighted by molar-refractivity contribution is -0.140. The number of likely N-dealkylation sites (N-methyl/N-ethyl adjacent to an activating group) is 1. The van der Waals surface area contributed by atoms with E-state index in [-0.39, 0.29) is 11.3 Å². The van der Waals surface area contributed by atoms with Gasteiger partial charge in [0.2, 0.25) is 0 Å². The predicted octanol–water partition coefficient (Wildman–Crippen LogP) is 5.03. The van der Waals surface area contributed by atoms with Gasteiger partial charge in [-0.15, -0.1) is 0 Å². The Kier molecular flexibility index (Phi) is 9.94. The van der Waals surface area contributed by atoms with Crippen LogP contribution in [0.5, 0.6) is 11.5 Å². The first-order chi connectivity index (χ1) is 17.4. The van der Waals surface area contributed by atoms with Crippen molar-refractivity contribution in [2.45, 2.75) is 46.6 Å². The number of likely N-dealkylation sites (tertiary alicyclic amines) is 1. The number of benzene rings is 2. The summed E-state index contributed by atoms with van der Waals surface area (Å²) in [6.07, 6.45) is 2.01. The van der Waals surface area contributed by atoms with Crippen LogP contribution in [-0.4, -0.2) is 66.0 Å². The van der Waals surface area contributed by atoms with Gasteiger partial charge in [0, 0.05) is 18.7 Å². The zero-order valence-electron chi connectivity index (χ0n) is 21.8. The molecule has 1 amide bonds. The third-order valence-electron chi connectivity index (χ3n) is 6.49. The minimum Gasteiger partial charge on any atom is -0.507 e. The number of hydrogen-bond donors (Lipinski definition) is 1. The van der Waals surface area contributed by atoms with E-state index in [1.807, 2.05) is 31.2 Å². The molecule has 1 fully saturated rings. The number of carbonyl (C=O) groups excluding carboxylic acids is 2. The highest BCUT2D eigenvalue weighted by atomic mass is 16.5. The van der Waals surface area contributed by atoms with Crippen molar-refractivity contribution < 1.29 is 24.2 Å². The maximum Gasteiger partial charge on any atom is 0.295 e. The molecule has 1 N–H and O–H groups in total. The lowest BCUT2D eigenvalue weighted by atomic mass is 9.95. The number of ether oxygens (including phenoxy) is 2. The van der Waals surface area contributed by atoms with Gasteiger partial charge in [-0.1, -0.05) is 39.3 Å². The van der Waals surface area contributed by atoms with Crippen LogP contribution in [0.3, 0.4) is 0 Å². The Morgan fingerprint density at radius 2 is 1.53 bits per heavy atom. The minimum atomic E-state index is -0.683. The van der Waals surface area contributed by atoms with Crippen LogP contribution in [0.2, 0.25) is 0 Å². The molecule has 0 spiro atoms. The van der Waals surface area contributed by atoms with Gasteiger partial charge in [-0.2, -0.15) is 0 Å². The van der Waals surface area contributed by atoms with E-state index in [1.54, 1.807) is 29.2 Å². The third-order valence-corrected chi connectivity index (χ3v) is 6.49. The maximum atomic E-state index is 13.2. The molecule has 3 rings (SSSR count). The highest BCUT2D eigenvalue weighted by Crippen LogP contribution is 2.40. The molecule has 2 aromatic carbocycles. The van der Waals surface area contributed by atoms with E-state index in [9.17, 15) is 14.7 Å². The second-order valence-corrected chi connectivity index (χ2v) is 8.75. The molecule has 2 aromatic rings. The summed E-state index contributed by atoms with van der Waals surface area (Å²) < 4.78 is 11.3. The van der Waals surface area contributed by atoms with Gasteiger partial charge in [0.1, 0.15) is 17.3 Å². The van der Waals surface area contributed by atoms with E-state index < -0.39 is 17.7 Å². The Labute approximate surface area is 214 Å². The molecule has 0 aromatic heterocycles. The summed E-state index contributed by atoms with van der Waals surface area (Å²) in [5.41, 5.74) is 1.32. The smallest absolute Gasteiger partial charge is 0.295 e. The van der Waals surface area contributed by atoms with E-state index in [0.29, 0.717) is 37.6 Å². The summed E-state index contributed by atoms with van der Waals surface area (Å²) in [5, 5.41) is 11.3. The molecule has 7 heteroatoms. The molecule has 1 unspecified atom stereocenters. The second-order valence-electron chi connectivity index (χ2n) is 8.75. The molecule has 1 atom stereocenters. The highest BCUT2D eigenvalue weighted by Gasteiger charge is 2.46. The lowest BCUT2D eigenvalue weighted by Crippen LogP contribution is -2.38. The summed E-state index contributed by atoms with van der Waals surface area (Å²) in [7, 11) is 0. The average Bonchev–Trinajstić information content (AvgIpc) is 3.15. The molecule has 36 heavy (non-hydrogen) atoms. The van der Waals surface area contributed by atoms with Crippen molar-refractivity contribution in [3.63, 3.8) is 0 Å². The standard InChI is InChI=1S/C29H38N2O5/c1-5-9-20-36-24-14-10-21(11-15-24)26-25(27(32)22-12-16-23(17-13-22)35-8-4)28(33)29(34)31(26)19-18-30(6-2)7-3/h10-17,26,32H,5-9,18-20H2,1-4H3. The molecule has 0 saturated carbocycles. The zero-order valence-corrected chi connectivity index (χ0v) is 21.8. The van der Waals surface area contributed by atoms with Crippen molar-refractivity contribution in [1.29, 1.82) is 0 Å². The predicted molar refractivity (Wildman–Crippen MR) is 141 cm³/mol. The van der Waals surface area contributed by atoms with Gasteiger partial charge >= 0.3 is 0 Å². The molecular formula is C29H38N2O5. The van der Waals surface area contributed by atoms with Crippen LogP contribution in [0.15, 0.2) is 54.1 Å². The van der Waals surface area contributed by atoms with Crippen LogP contribution in [0.25, 0.3) is 5.76 Å². The Morgan fingerprint density at radius 1 is 0.917 bits per heavy atom.